The number of piperazine rings is 1. The number of carbonyl (C=O) groups is 1. The Bertz CT molecular complexity index is 575. The van der Waals surface area contributed by atoms with Crippen molar-refractivity contribution in [3.63, 3.8) is 0 Å². The quantitative estimate of drug-likeness (QED) is 0.911. The van der Waals surface area contributed by atoms with Gasteiger partial charge in [0.25, 0.3) is 0 Å². The van der Waals surface area contributed by atoms with Crippen LogP contribution in [0.2, 0.25) is 0 Å². The molecule has 25 heavy (non-hydrogen) atoms. The number of anilines is 1. The van der Waals surface area contributed by atoms with Gasteiger partial charge in [-0.1, -0.05) is 19.9 Å². The monoisotopic (exact) mass is 345 g/mol. The molecule has 0 saturated carbocycles. The van der Waals surface area contributed by atoms with Crippen LogP contribution in [0.4, 0.5) is 10.6 Å². The Morgan fingerprint density at radius 2 is 1.88 bits per heavy atom. The summed E-state index contributed by atoms with van der Waals surface area (Å²) in [6.07, 6.45) is 3.05. The number of rotatable bonds is 3. The molecule has 2 aliphatic rings. The van der Waals surface area contributed by atoms with Crippen molar-refractivity contribution in [1.82, 2.24) is 20.1 Å². The summed E-state index contributed by atoms with van der Waals surface area (Å²) in [6, 6.07) is 4.07. The maximum absolute atomic E-state index is 12.6. The van der Waals surface area contributed by atoms with E-state index in [1.54, 1.807) is 0 Å². The summed E-state index contributed by atoms with van der Waals surface area (Å²) >= 11 is 0. The topological polar surface area (TPSA) is 51.7 Å². The molecule has 0 radical (unpaired) electrons. The number of likely N-dealkylation sites (N-methyl/N-ethyl adjacent to an activating group) is 1. The summed E-state index contributed by atoms with van der Waals surface area (Å²) in [5, 5.41) is 3.11. The van der Waals surface area contributed by atoms with Crippen LogP contribution >= 0.6 is 0 Å². The molecule has 2 aliphatic heterocycles. The van der Waals surface area contributed by atoms with Crippen LogP contribution < -0.4 is 10.2 Å². The van der Waals surface area contributed by atoms with Crippen molar-refractivity contribution in [1.29, 1.82) is 0 Å². The predicted molar refractivity (Wildman–Crippen MR) is 101 cm³/mol. The normalized spacial score (nSPS) is 25.1. The number of likely N-dealkylation sites (tertiary alicyclic amines) is 1. The van der Waals surface area contributed by atoms with Gasteiger partial charge in [0.2, 0.25) is 0 Å². The van der Waals surface area contributed by atoms with Crippen molar-refractivity contribution >= 4 is 11.8 Å². The van der Waals surface area contributed by atoms with E-state index in [-0.39, 0.29) is 6.03 Å². The Balaban J connectivity index is 1.60. The van der Waals surface area contributed by atoms with Crippen molar-refractivity contribution < 1.29 is 4.79 Å². The van der Waals surface area contributed by atoms with Gasteiger partial charge < -0.3 is 20.0 Å². The second-order valence-electron chi connectivity index (χ2n) is 7.79. The molecular formula is C19H31N5O. The van der Waals surface area contributed by atoms with Gasteiger partial charge in [-0.15, -0.1) is 0 Å². The van der Waals surface area contributed by atoms with Crippen molar-refractivity contribution in [2.24, 2.45) is 11.8 Å². The van der Waals surface area contributed by atoms with Crippen LogP contribution in [0, 0.1) is 11.8 Å². The van der Waals surface area contributed by atoms with E-state index in [4.69, 9.17) is 0 Å². The van der Waals surface area contributed by atoms with Crippen LogP contribution in [0.5, 0.6) is 0 Å². The largest absolute Gasteiger partial charge is 0.354 e. The fraction of sp³-hybridized carbons (Fsp3) is 0.684. The van der Waals surface area contributed by atoms with E-state index in [1.807, 2.05) is 17.2 Å². The number of pyridine rings is 1. The second-order valence-corrected chi connectivity index (χ2v) is 7.79. The van der Waals surface area contributed by atoms with Crippen LogP contribution in [-0.2, 0) is 6.54 Å². The molecule has 1 aromatic rings. The lowest BCUT2D eigenvalue weighted by molar-refractivity contribution is 0.146. The highest BCUT2D eigenvalue weighted by atomic mass is 16.2. The van der Waals surface area contributed by atoms with Crippen LogP contribution in [0.1, 0.15) is 25.8 Å². The Labute approximate surface area is 151 Å². The maximum atomic E-state index is 12.6. The zero-order chi connectivity index (χ0) is 17.8. The smallest absolute Gasteiger partial charge is 0.317 e. The van der Waals surface area contributed by atoms with Crippen LogP contribution in [0.15, 0.2) is 18.3 Å². The van der Waals surface area contributed by atoms with Crippen LogP contribution in [0.25, 0.3) is 0 Å². The number of urea groups is 1. The van der Waals surface area contributed by atoms with Gasteiger partial charge in [-0.05, 0) is 31.4 Å². The van der Waals surface area contributed by atoms with Crippen molar-refractivity contribution in [2.75, 3.05) is 51.2 Å². The van der Waals surface area contributed by atoms with Gasteiger partial charge in [-0.2, -0.15) is 0 Å². The molecule has 6 heteroatoms. The van der Waals surface area contributed by atoms with E-state index in [9.17, 15) is 4.79 Å². The maximum Gasteiger partial charge on any atom is 0.317 e. The van der Waals surface area contributed by atoms with E-state index < -0.39 is 0 Å². The van der Waals surface area contributed by atoms with Gasteiger partial charge in [0, 0.05) is 57.6 Å². The minimum absolute atomic E-state index is 0.0478. The molecule has 0 bridgehead atoms. The van der Waals surface area contributed by atoms with Crippen molar-refractivity contribution in [3.05, 3.63) is 23.9 Å². The first-order valence-electron chi connectivity index (χ1n) is 9.43. The number of carbonyl (C=O) groups excluding carboxylic acids is 1. The Morgan fingerprint density at radius 1 is 1.20 bits per heavy atom. The molecule has 2 fully saturated rings. The molecule has 0 spiro atoms. The molecule has 3 rings (SSSR count). The van der Waals surface area contributed by atoms with E-state index in [1.165, 1.54) is 6.42 Å². The number of aromatic nitrogens is 1. The molecule has 1 N–H and O–H groups in total. The zero-order valence-corrected chi connectivity index (χ0v) is 15.7. The van der Waals surface area contributed by atoms with Crippen molar-refractivity contribution in [3.8, 4) is 0 Å². The lowest BCUT2D eigenvalue weighted by atomic mass is 9.92. The average molecular weight is 345 g/mol. The van der Waals surface area contributed by atoms with Gasteiger partial charge in [0.05, 0.1) is 0 Å². The molecule has 0 aromatic carbocycles. The Kier molecular flexibility index (Phi) is 5.78. The number of piperidine rings is 1. The number of hydrogen-bond donors (Lipinski definition) is 1. The van der Waals surface area contributed by atoms with E-state index >= 15 is 0 Å². The third kappa shape index (κ3) is 4.63. The van der Waals surface area contributed by atoms with Gasteiger partial charge in [0.15, 0.2) is 0 Å². The molecule has 1 aromatic heterocycles. The summed E-state index contributed by atoms with van der Waals surface area (Å²) in [7, 11) is 2.15. The van der Waals surface area contributed by atoms with Gasteiger partial charge in [-0.25, -0.2) is 9.78 Å². The Morgan fingerprint density at radius 3 is 2.56 bits per heavy atom. The molecule has 2 unspecified atom stereocenters. The number of amides is 2. The number of hydrogen-bond acceptors (Lipinski definition) is 4. The average Bonchev–Trinajstić information content (AvgIpc) is 2.60. The molecule has 2 atom stereocenters. The first-order chi connectivity index (χ1) is 12.0. The van der Waals surface area contributed by atoms with Gasteiger partial charge in [0.1, 0.15) is 5.82 Å². The number of nitrogens with zero attached hydrogens (tertiary/aromatic N) is 4. The molecule has 138 valence electrons. The first-order valence-corrected chi connectivity index (χ1v) is 9.43. The molecule has 2 saturated heterocycles. The van der Waals surface area contributed by atoms with Gasteiger partial charge >= 0.3 is 6.03 Å². The zero-order valence-electron chi connectivity index (χ0n) is 15.7. The third-order valence-electron chi connectivity index (χ3n) is 5.26. The first kappa shape index (κ1) is 18.0. The highest BCUT2D eigenvalue weighted by molar-refractivity contribution is 5.74. The van der Waals surface area contributed by atoms with Crippen molar-refractivity contribution in [2.45, 2.75) is 26.8 Å². The second kappa shape index (κ2) is 8.04. The number of nitrogens with one attached hydrogen (secondary N) is 1. The molecule has 2 amide bonds. The Hall–Kier alpha value is -1.82. The third-order valence-corrected chi connectivity index (χ3v) is 5.26. The lowest BCUT2D eigenvalue weighted by Gasteiger charge is -2.35. The fourth-order valence-electron chi connectivity index (χ4n) is 3.98. The molecule has 3 heterocycles. The molecule has 0 aliphatic carbocycles. The van der Waals surface area contributed by atoms with Gasteiger partial charge in [-0.3, -0.25) is 0 Å². The SMILES string of the molecule is CC1CC(C)CN(C(=O)NCc2cccnc2N2CCN(C)CC2)C1. The summed E-state index contributed by atoms with van der Waals surface area (Å²) < 4.78 is 0. The van der Waals surface area contributed by atoms with Crippen LogP contribution in [-0.4, -0.2) is 67.1 Å². The summed E-state index contributed by atoms with van der Waals surface area (Å²) in [6.45, 7) is 10.8. The lowest BCUT2D eigenvalue weighted by Crippen LogP contribution is -2.47. The minimum atomic E-state index is 0.0478. The summed E-state index contributed by atoms with van der Waals surface area (Å²) in [5.74, 6) is 2.17. The molecule has 6 nitrogen and oxygen atoms in total. The standard InChI is InChI=1S/C19H31N5O/c1-15-11-16(2)14-24(13-15)19(25)21-12-17-5-4-6-20-18(17)23-9-7-22(3)8-10-23/h4-6,15-16H,7-14H2,1-3H3,(H,21,25). The fourth-order valence-corrected chi connectivity index (χ4v) is 3.98. The highest BCUT2D eigenvalue weighted by Crippen LogP contribution is 2.22. The highest BCUT2D eigenvalue weighted by Gasteiger charge is 2.25. The van der Waals surface area contributed by atoms with E-state index in [0.717, 1.165) is 50.6 Å². The van der Waals surface area contributed by atoms with E-state index in [2.05, 4.69) is 47.1 Å². The van der Waals surface area contributed by atoms with E-state index in [0.29, 0.717) is 18.4 Å². The summed E-state index contributed by atoms with van der Waals surface area (Å²) in [4.78, 5) is 23.8. The van der Waals surface area contributed by atoms with Crippen LogP contribution in [0.3, 0.4) is 0 Å². The predicted octanol–water partition coefficient (Wildman–Crippen LogP) is 2.02. The molecular weight excluding hydrogens is 314 g/mol. The summed E-state index contributed by atoms with van der Waals surface area (Å²) in [5.41, 5.74) is 1.10. The minimum Gasteiger partial charge on any atom is -0.354 e.